The molecule has 2 bridgehead atoms. The Morgan fingerprint density at radius 1 is 1.38 bits per heavy atom. The number of allylic oxidation sites excluding steroid dienone is 1. The molecule has 0 aromatic rings. The highest BCUT2D eigenvalue weighted by atomic mass is 16.5. The normalized spacial score (nSPS) is 44.4. The minimum Gasteiger partial charge on any atom is -0.478 e. The minimum atomic E-state index is -1.57. The number of aliphatic imine (C=N–C) groups is 1. The number of aliphatic hydroxyl groups is 1. The summed E-state index contributed by atoms with van der Waals surface area (Å²) in [7, 11) is 3.66. The molecule has 186 valence electrons. The van der Waals surface area contributed by atoms with E-state index in [1.54, 1.807) is 7.05 Å². The lowest BCUT2D eigenvalue weighted by Gasteiger charge is -2.68. The number of carboxylic acids is 1. The highest BCUT2D eigenvalue weighted by Gasteiger charge is 2.82. The van der Waals surface area contributed by atoms with Crippen LogP contribution in [0.25, 0.3) is 0 Å². The van der Waals surface area contributed by atoms with Gasteiger partial charge in [0, 0.05) is 55.1 Å². The molecule has 5 N–H and O–H groups in total. The van der Waals surface area contributed by atoms with Gasteiger partial charge in [-0.05, 0) is 50.6 Å². The summed E-state index contributed by atoms with van der Waals surface area (Å²) in [5.74, 6) is -0.462. The van der Waals surface area contributed by atoms with Crippen molar-refractivity contribution >= 4 is 11.9 Å². The Hall–Kier alpha value is -2.16. The molecular weight excluding hydrogens is 432 g/mol. The lowest BCUT2D eigenvalue weighted by Crippen LogP contribution is -2.70. The van der Waals surface area contributed by atoms with Gasteiger partial charge in [0.05, 0.1) is 12.2 Å². The molecule has 0 radical (unpaired) electrons. The highest BCUT2D eigenvalue weighted by Crippen LogP contribution is 2.82. The minimum absolute atomic E-state index is 0.0179. The number of rotatable bonds is 6. The van der Waals surface area contributed by atoms with Gasteiger partial charge in [-0.1, -0.05) is 25.2 Å². The summed E-state index contributed by atoms with van der Waals surface area (Å²) in [6.07, 6.45) is 11.4. The topological polar surface area (TPSA) is 120 Å². The average Bonchev–Trinajstić information content (AvgIpc) is 3.15. The van der Waals surface area contributed by atoms with Crippen molar-refractivity contribution in [2.45, 2.75) is 38.7 Å². The highest BCUT2D eigenvalue weighted by molar-refractivity contribution is 5.92. The number of nitrogens with one attached hydrogen (secondary N) is 1. The molecule has 8 heteroatoms. The van der Waals surface area contributed by atoms with Crippen molar-refractivity contribution in [3.63, 3.8) is 0 Å². The van der Waals surface area contributed by atoms with Crippen LogP contribution >= 0.6 is 0 Å². The number of hydrogen-bond donors (Lipinski definition) is 4. The van der Waals surface area contributed by atoms with Crippen LogP contribution in [0.2, 0.25) is 0 Å². The second-order valence-corrected chi connectivity index (χ2v) is 10.9. The smallest absolute Gasteiger partial charge is 0.334 e. The first kappa shape index (κ1) is 23.6. The molecule has 2 saturated carbocycles. The SMILES string of the molecule is CCOC[C@]1(O)C(C(=O)O)=C2C[C@H]3CC[C@@H](C)[C@@]24[C@@H]1C=C[C@]1(CNC)C=CN(C(N)=NC)C[C@@]314. The number of hydrogen-bond acceptors (Lipinski definition) is 5. The molecule has 0 amide bonds. The number of guanidine groups is 1. The maximum atomic E-state index is 12.8. The van der Waals surface area contributed by atoms with Gasteiger partial charge in [0.15, 0.2) is 5.96 Å². The van der Waals surface area contributed by atoms with Crippen LogP contribution in [0.3, 0.4) is 0 Å². The van der Waals surface area contributed by atoms with Crippen molar-refractivity contribution in [3.05, 3.63) is 35.6 Å². The Kier molecular flexibility index (Phi) is 5.32. The summed E-state index contributed by atoms with van der Waals surface area (Å²) in [5.41, 5.74) is 4.72. The number of carbonyl (C=O) groups is 1. The zero-order valence-electron chi connectivity index (χ0n) is 20.7. The largest absolute Gasteiger partial charge is 0.478 e. The van der Waals surface area contributed by atoms with Crippen molar-refractivity contribution in [2.75, 3.05) is 40.4 Å². The molecule has 0 saturated heterocycles. The lowest BCUT2D eigenvalue weighted by molar-refractivity contribution is -0.174. The molecule has 8 nitrogen and oxygen atoms in total. The van der Waals surface area contributed by atoms with Gasteiger partial charge >= 0.3 is 5.97 Å². The summed E-state index contributed by atoms with van der Waals surface area (Å²) in [5, 5.41) is 26.1. The summed E-state index contributed by atoms with van der Waals surface area (Å²) >= 11 is 0. The fraction of sp³-hybridized carbons (Fsp3) is 0.692. The Balaban J connectivity index is 1.85. The first-order valence-corrected chi connectivity index (χ1v) is 12.5. The van der Waals surface area contributed by atoms with Gasteiger partial charge in [-0.3, -0.25) is 4.99 Å². The Labute approximate surface area is 201 Å². The van der Waals surface area contributed by atoms with Crippen LogP contribution in [0.4, 0.5) is 0 Å². The van der Waals surface area contributed by atoms with Crippen LogP contribution in [0.5, 0.6) is 0 Å². The number of ether oxygens (including phenoxy) is 1. The van der Waals surface area contributed by atoms with Gasteiger partial charge in [0.25, 0.3) is 0 Å². The van der Waals surface area contributed by atoms with Crippen molar-refractivity contribution in [1.29, 1.82) is 0 Å². The quantitative estimate of drug-likeness (QED) is 0.265. The molecular formula is C26H38N4O4. The first-order chi connectivity index (χ1) is 16.2. The zero-order valence-corrected chi connectivity index (χ0v) is 20.7. The van der Waals surface area contributed by atoms with E-state index < -0.39 is 17.0 Å². The molecule has 5 rings (SSSR count). The molecule has 2 spiro atoms. The van der Waals surface area contributed by atoms with Crippen molar-refractivity contribution in [1.82, 2.24) is 10.2 Å². The Bertz CT molecular complexity index is 1020. The van der Waals surface area contributed by atoms with Crippen molar-refractivity contribution < 1.29 is 19.7 Å². The number of aliphatic carboxylic acids is 1. The van der Waals surface area contributed by atoms with Gasteiger partial charge in [0.2, 0.25) is 0 Å². The monoisotopic (exact) mass is 470 g/mol. The third-order valence-electron chi connectivity index (χ3n) is 9.97. The van der Waals surface area contributed by atoms with E-state index in [0.29, 0.717) is 25.5 Å². The standard InChI is InChI=1S/C26H38N4O4/c1-5-34-15-24(33)19-8-9-23(13-28-3)10-11-30(22(27)29-4)14-25(23)17-7-6-16(2)26(19,25)18(12-17)20(24)21(31)32/h8-11,16-17,19,28,33H,5-7,12-15H2,1-4H3,(H2,27,29)(H,31,32)/t16-,17-,19-,23-,24-,25-,26+/m1/s1. The van der Waals surface area contributed by atoms with E-state index in [9.17, 15) is 15.0 Å². The van der Waals surface area contributed by atoms with Crippen LogP contribution < -0.4 is 11.1 Å². The lowest BCUT2D eigenvalue weighted by atomic mass is 9.37. The second-order valence-electron chi connectivity index (χ2n) is 10.9. The van der Waals surface area contributed by atoms with Crippen molar-refractivity contribution in [3.8, 4) is 0 Å². The molecule has 1 aliphatic heterocycles. The van der Waals surface area contributed by atoms with E-state index in [0.717, 1.165) is 25.0 Å². The molecule has 2 fully saturated rings. The number of nitrogens with two attached hydrogens (primary N) is 1. The molecule has 0 unspecified atom stereocenters. The summed E-state index contributed by atoms with van der Waals surface area (Å²) in [6.45, 7) is 5.90. The second kappa shape index (κ2) is 7.67. The van der Waals surface area contributed by atoms with Gasteiger partial charge in [0.1, 0.15) is 5.60 Å². The first-order valence-electron chi connectivity index (χ1n) is 12.5. The van der Waals surface area contributed by atoms with Crippen LogP contribution in [0, 0.1) is 34.0 Å². The van der Waals surface area contributed by atoms with E-state index in [2.05, 4.69) is 35.5 Å². The van der Waals surface area contributed by atoms with Gasteiger partial charge in [-0.25, -0.2) is 4.79 Å². The maximum Gasteiger partial charge on any atom is 0.334 e. The van der Waals surface area contributed by atoms with E-state index in [-0.39, 0.29) is 40.8 Å². The third-order valence-corrected chi connectivity index (χ3v) is 9.97. The molecule has 4 aliphatic carbocycles. The summed E-state index contributed by atoms with van der Waals surface area (Å²) < 4.78 is 5.75. The van der Waals surface area contributed by atoms with Crippen molar-refractivity contribution in [2.24, 2.45) is 44.7 Å². The average molecular weight is 471 g/mol. The Morgan fingerprint density at radius 3 is 2.79 bits per heavy atom. The third kappa shape index (κ3) is 2.44. The van der Waals surface area contributed by atoms with Gasteiger partial charge in [-0.2, -0.15) is 0 Å². The van der Waals surface area contributed by atoms with Crippen LogP contribution in [-0.4, -0.2) is 73.0 Å². The van der Waals surface area contributed by atoms with E-state index in [1.807, 2.05) is 25.1 Å². The molecule has 5 aliphatic rings. The maximum absolute atomic E-state index is 12.8. The molecule has 0 aromatic carbocycles. The molecule has 7 atom stereocenters. The fourth-order valence-corrected chi connectivity index (χ4v) is 9.07. The Morgan fingerprint density at radius 2 is 2.15 bits per heavy atom. The number of carboxylic acid groups (broad SMARTS) is 1. The summed E-state index contributed by atoms with van der Waals surface area (Å²) in [6, 6.07) is 0. The fourth-order valence-electron chi connectivity index (χ4n) is 9.07. The summed E-state index contributed by atoms with van der Waals surface area (Å²) in [4.78, 5) is 19.1. The molecule has 0 aromatic heterocycles. The van der Waals surface area contributed by atoms with E-state index in [4.69, 9.17) is 10.5 Å². The van der Waals surface area contributed by atoms with Gasteiger partial charge < -0.3 is 30.9 Å². The molecule has 1 heterocycles. The van der Waals surface area contributed by atoms with Crippen LogP contribution in [-0.2, 0) is 9.53 Å². The van der Waals surface area contributed by atoms with Crippen LogP contribution in [0.1, 0.15) is 33.1 Å². The predicted molar refractivity (Wildman–Crippen MR) is 130 cm³/mol. The predicted octanol–water partition coefficient (Wildman–Crippen LogP) is 1.74. The van der Waals surface area contributed by atoms with Gasteiger partial charge in [-0.15, -0.1) is 0 Å². The zero-order chi connectivity index (χ0) is 24.5. The van der Waals surface area contributed by atoms with E-state index in [1.165, 1.54) is 0 Å². The van der Waals surface area contributed by atoms with E-state index >= 15 is 0 Å². The van der Waals surface area contributed by atoms with Crippen LogP contribution in [0.15, 0.2) is 40.6 Å². The number of nitrogens with zero attached hydrogens (tertiary/aromatic N) is 2. The molecule has 34 heavy (non-hydrogen) atoms.